The number of likely N-dealkylation sites (N-methyl/N-ethyl adjacent to an activating group) is 2. The van der Waals surface area contributed by atoms with Gasteiger partial charge in [0.25, 0.3) is 5.69 Å². The van der Waals surface area contributed by atoms with Crippen molar-refractivity contribution in [3.63, 3.8) is 0 Å². The molecule has 0 radical (unpaired) electrons. The number of nitro groups is 1. The van der Waals surface area contributed by atoms with Crippen LogP contribution in [0.2, 0.25) is 0 Å². The number of rotatable bonds is 7. The summed E-state index contributed by atoms with van der Waals surface area (Å²) in [6.45, 7) is 3.48. The van der Waals surface area contributed by atoms with Crippen LogP contribution in [0.1, 0.15) is 12.8 Å². The van der Waals surface area contributed by atoms with Crippen molar-refractivity contribution in [1.29, 1.82) is 0 Å². The van der Waals surface area contributed by atoms with Crippen LogP contribution in [0.15, 0.2) is 53.4 Å². The highest BCUT2D eigenvalue weighted by Crippen LogP contribution is 2.36. The second kappa shape index (κ2) is 9.66. The Balaban J connectivity index is 1.59. The molecule has 2 aliphatic rings. The van der Waals surface area contributed by atoms with Gasteiger partial charge in [0.1, 0.15) is 5.69 Å². The number of nitro benzene ring substituents is 1. The van der Waals surface area contributed by atoms with Crippen LogP contribution in [-0.4, -0.2) is 82.0 Å². The molecule has 2 aliphatic heterocycles. The first-order valence-electron chi connectivity index (χ1n) is 11.3. The molecule has 1 atom stereocenters. The summed E-state index contributed by atoms with van der Waals surface area (Å²) in [7, 11) is 0.195. The molecule has 0 aromatic heterocycles. The van der Waals surface area contributed by atoms with Crippen molar-refractivity contribution in [2.45, 2.75) is 23.8 Å². The van der Waals surface area contributed by atoms with Gasteiger partial charge >= 0.3 is 0 Å². The number of anilines is 2. The number of hydrogen-bond donors (Lipinski definition) is 0. The largest absolute Gasteiger partial charge is 0.373 e. The first-order valence-corrected chi connectivity index (χ1v) is 12.7. The standard InChI is InChI=1S/C23H31N5O4S/c1-24-13-15-26(16-14-24)33(31,32)21-10-11-22(23(17-21)28(29)30)27-12-6-9-20(27)18-25(2)19-7-4-3-5-8-19/h3-5,7-8,10-11,17,20H,6,9,12-16,18H2,1-2H3. The fourth-order valence-corrected chi connectivity index (χ4v) is 6.12. The average molecular weight is 474 g/mol. The third-order valence-electron chi connectivity index (χ3n) is 6.61. The summed E-state index contributed by atoms with van der Waals surface area (Å²) >= 11 is 0. The Labute approximate surface area is 195 Å². The third-order valence-corrected chi connectivity index (χ3v) is 8.51. The van der Waals surface area contributed by atoms with Crippen LogP contribution in [-0.2, 0) is 10.0 Å². The zero-order valence-corrected chi connectivity index (χ0v) is 19.9. The lowest BCUT2D eigenvalue weighted by Crippen LogP contribution is -2.47. The Kier molecular flexibility index (Phi) is 6.87. The summed E-state index contributed by atoms with van der Waals surface area (Å²) in [5, 5.41) is 12.0. The van der Waals surface area contributed by atoms with E-state index in [1.54, 1.807) is 6.07 Å². The van der Waals surface area contributed by atoms with Gasteiger partial charge in [-0.25, -0.2) is 8.42 Å². The molecule has 1 unspecified atom stereocenters. The maximum atomic E-state index is 13.1. The van der Waals surface area contributed by atoms with Gasteiger partial charge in [0.2, 0.25) is 10.0 Å². The smallest absolute Gasteiger partial charge is 0.293 e. The van der Waals surface area contributed by atoms with Crippen molar-refractivity contribution >= 4 is 27.1 Å². The molecule has 0 saturated carbocycles. The van der Waals surface area contributed by atoms with E-state index in [1.165, 1.54) is 16.4 Å². The molecule has 9 nitrogen and oxygen atoms in total. The van der Waals surface area contributed by atoms with E-state index in [0.717, 1.165) is 25.1 Å². The number of piperazine rings is 1. The minimum atomic E-state index is -3.77. The molecule has 4 rings (SSSR count). The fraction of sp³-hybridized carbons (Fsp3) is 0.478. The van der Waals surface area contributed by atoms with Gasteiger partial charge in [0, 0.05) is 64.1 Å². The molecule has 0 bridgehead atoms. The van der Waals surface area contributed by atoms with E-state index in [-0.39, 0.29) is 16.6 Å². The normalized spacial score (nSPS) is 20.2. The Bertz CT molecular complexity index is 1090. The summed E-state index contributed by atoms with van der Waals surface area (Å²) < 4.78 is 27.7. The average Bonchev–Trinajstić information content (AvgIpc) is 3.27. The Morgan fingerprint density at radius 3 is 2.42 bits per heavy atom. The molecule has 2 saturated heterocycles. The predicted molar refractivity (Wildman–Crippen MR) is 129 cm³/mol. The highest BCUT2D eigenvalue weighted by Gasteiger charge is 2.34. The first kappa shape index (κ1) is 23.5. The summed E-state index contributed by atoms with van der Waals surface area (Å²) in [5.74, 6) is 0. The van der Waals surface area contributed by atoms with Gasteiger partial charge in [-0.15, -0.1) is 0 Å². The summed E-state index contributed by atoms with van der Waals surface area (Å²) in [4.78, 5) is 17.8. The van der Waals surface area contributed by atoms with Crippen LogP contribution in [0.3, 0.4) is 0 Å². The first-order chi connectivity index (χ1) is 15.8. The van der Waals surface area contributed by atoms with Crippen molar-refractivity contribution in [3.8, 4) is 0 Å². The number of para-hydroxylation sites is 1. The number of hydrogen-bond acceptors (Lipinski definition) is 7. The van der Waals surface area contributed by atoms with Crippen LogP contribution in [0.5, 0.6) is 0 Å². The van der Waals surface area contributed by atoms with Gasteiger partial charge in [-0.2, -0.15) is 4.31 Å². The van der Waals surface area contributed by atoms with E-state index in [0.29, 0.717) is 38.4 Å². The van der Waals surface area contributed by atoms with Crippen LogP contribution >= 0.6 is 0 Å². The minimum Gasteiger partial charge on any atom is -0.373 e. The third kappa shape index (κ3) is 4.97. The van der Waals surface area contributed by atoms with E-state index < -0.39 is 14.9 Å². The van der Waals surface area contributed by atoms with Crippen molar-refractivity contribution < 1.29 is 13.3 Å². The highest BCUT2D eigenvalue weighted by atomic mass is 32.2. The van der Waals surface area contributed by atoms with Crippen LogP contribution in [0.4, 0.5) is 17.1 Å². The molecular formula is C23H31N5O4S. The van der Waals surface area contributed by atoms with Gasteiger partial charge in [-0.1, -0.05) is 18.2 Å². The Morgan fingerprint density at radius 1 is 1.06 bits per heavy atom. The van der Waals surface area contributed by atoms with Crippen LogP contribution in [0.25, 0.3) is 0 Å². The monoisotopic (exact) mass is 473 g/mol. The molecule has 178 valence electrons. The zero-order valence-electron chi connectivity index (χ0n) is 19.1. The van der Waals surface area contributed by atoms with Gasteiger partial charge in [0.05, 0.1) is 9.82 Å². The van der Waals surface area contributed by atoms with Crippen molar-refractivity contribution in [1.82, 2.24) is 9.21 Å². The molecule has 0 N–H and O–H groups in total. The maximum Gasteiger partial charge on any atom is 0.293 e. The SMILES string of the molecule is CN1CCN(S(=O)(=O)c2ccc(N3CCCC3CN(C)c3ccccc3)c([N+](=O)[O-])c2)CC1. The van der Waals surface area contributed by atoms with Crippen LogP contribution < -0.4 is 9.80 Å². The molecule has 0 aliphatic carbocycles. The molecule has 2 fully saturated rings. The van der Waals surface area contributed by atoms with E-state index in [2.05, 4.69) is 14.7 Å². The molecule has 10 heteroatoms. The second-order valence-electron chi connectivity index (χ2n) is 8.82. The number of sulfonamides is 1. The van der Waals surface area contributed by atoms with E-state index in [4.69, 9.17) is 0 Å². The maximum absolute atomic E-state index is 13.1. The van der Waals surface area contributed by atoms with Gasteiger partial charge in [-0.3, -0.25) is 10.1 Å². The zero-order chi connectivity index (χ0) is 23.6. The minimum absolute atomic E-state index is 0.0142. The quantitative estimate of drug-likeness (QED) is 0.451. The Hall–Kier alpha value is -2.69. The van der Waals surface area contributed by atoms with E-state index in [9.17, 15) is 18.5 Å². The van der Waals surface area contributed by atoms with Gasteiger partial charge in [0.15, 0.2) is 0 Å². The van der Waals surface area contributed by atoms with Crippen molar-refractivity contribution in [3.05, 3.63) is 58.6 Å². The highest BCUT2D eigenvalue weighted by molar-refractivity contribution is 7.89. The predicted octanol–water partition coefficient (Wildman–Crippen LogP) is 2.64. The van der Waals surface area contributed by atoms with Gasteiger partial charge in [-0.05, 0) is 44.2 Å². The lowest BCUT2D eigenvalue weighted by molar-refractivity contribution is -0.384. The number of benzene rings is 2. The van der Waals surface area contributed by atoms with Crippen molar-refractivity contribution in [2.24, 2.45) is 0 Å². The Morgan fingerprint density at radius 2 is 1.76 bits per heavy atom. The molecule has 33 heavy (non-hydrogen) atoms. The molecular weight excluding hydrogens is 442 g/mol. The molecule has 0 spiro atoms. The topological polar surface area (TPSA) is 90.2 Å². The van der Waals surface area contributed by atoms with Crippen LogP contribution in [0, 0.1) is 10.1 Å². The van der Waals surface area contributed by atoms with E-state index >= 15 is 0 Å². The van der Waals surface area contributed by atoms with Crippen molar-refractivity contribution in [2.75, 3.05) is 63.2 Å². The molecule has 2 aromatic carbocycles. The fourth-order valence-electron chi connectivity index (χ4n) is 4.68. The lowest BCUT2D eigenvalue weighted by atomic mass is 10.1. The molecule has 2 heterocycles. The number of nitrogens with zero attached hydrogens (tertiary/aromatic N) is 5. The second-order valence-corrected chi connectivity index (χ2v) is 10.8. The summed E-state index contributed by atoms with van der Waals surface area (Å²) in [5.41, 5.74) is 1.42. The van der Waals surface area contributed by atoms with E-state index in [1.807, 2.05) is 44.4 Å². The molecule has 0 amide bonds. The summed E-state index contributed by atoms with van der Waals surface area (Å²) in [6, 6.07) is 14.5. The summed E-state index contributed by atoms with van der Waals surface area (Å²) in [6.07, 6.45) is 1.86. The lowest BCUT2D eigenvalue weighted by Gasteiger charge is -2.32. The van der Waals surface area contributed by atoms with Gasteiger partial charge < -0.3 is 14.7 Å². The molecule has 2 aromatic rings.